The number of aryl methyl sites for hydroxylation is 1. The number of aromatic nitrogens is 1. The van der Waals surface area contributed by atoms with E-state index in [2.05, 4.69) is 83.0 Å². The summed E-state index contributed by atoms with van der Waals surface area (Å²) >= 11 is 1.81. The van der Waals surface area contributed by atoms with Crippen molar-refractivity contribution in [3.05, 3.63) is 69.9 Å². The smallest absolute Gasteiger partial charge is 0.133 e. The molecule has 162 valence electrons. The number of anilines is 1. The van der Waals surface area contributed by atoms with Gasteiger partial charge < -0.3 is 10.2 Å². The third-order valence-corrected chi connectivity index (χ3v) is 7.50. The van der Waals surface area contributed by atoms with E-state index in [0.717, 1.165) is 36.9 Å². The maximum Gasteiger partial charge on any atom is 0.133 e. The van der Waals surface area contributed by atoms with E-state index in [0.29, 0.717) is 6.04 Å². The number of pyridine rings is 1. The number of likely N-dealkylation sites (tertiary alicyclic amines) is 1. The summed E-state index contributed by atoms with van der Waals surface area (Å²) in [6.07, 6.45) is 7.34. The van der Waals surface area contributed by atoms with Crippen LogP contribution in [0.3, 0.4) is 0 Å². The first kappa shape index (κ1) is 20.7. The van der Waals surface area contributed by atoms with Crippen LogP contribution in [0.2, 0.25) is 0 Å². The van der Waals surface area contributed by atoms with Gasteiger partial charge in [0.1, 0.15) is 5.82 Å². The van der Waals surface area contributed by atoms with Gasteiger partial charge >= 0.3 is 0 Å². The number of thiophene rings is 1. The Morgan fingerprint density at radius 2 is 2.16 bits per heavy atom. The molecule has 2 bridgehead atoms. The summed E-state index contributed by atoms with van der Waals surface area (Å²) in [5.74, 6) is 1.90. The maximum atomic E-state index is 5.12. The number of fused-ring (bicyclic) bond motifs is 3. The first-order valence-electron chi connectivity index (χ1n) is 11.4. The molecule has 0 spiro atoms. The zero-order chi connectivity index (χ0) is 21.2. The van der Waals surface area contributed by atoms with Crippen molar-refractivity contribution in [1.82, 2.24) is 15.2 Å². The number of hydrogen-bond acceptors (Lipinski definition) is 5. The molecule has 3 aromatic rings. The Bertz CT molecular complexity index is 1060. The lowest BCUT2D eigenvalue weighted by molar-refractivity contribution is 0.274. The quantitative estimate of drug-likeness (QED) is 0.382. The second-order valence-corrected chi connectivity index (χ2v) is 10.1. The zero-order valence-corrected chi connectivity index (χ0v) is 19.4. The van der Waals surface area contributed by atoms with Crippen LogP contribution in [-0.4, -0.2) is 42.6 Å². The molecule has 1 fully saturated rings. The molecule has 2 aliphatic rings. The number of para-hydroxylation sites is 1. The van der Waals surface area contributed by atoms with Crippen LogP contribution in [0.1, 0.15) is 28.8 Å². The minimum absolute atomic E-state index is 0.704. The van der Waals surface area contributed by atoms with Crippen molar-refractivity contribution < 1.29 is 0 Å². The Morgan fingerprint density at radius 1 is 1.23 bits per heavy atom. The van der Waals surface area contributed by atoms with E-state index in [-0.39, 0.29) is 0 Å². The second kappa shape index (κ2) is 9.11. The molecule has 1 aromatic carbocycles. The van der Waals surface area contributed by atoms with Crippen molar-refractivity contribution in [2.75, 3.05) is 31.6 Å². The van der Waals surface area contributed by atoms with Gasteiger partial charge in [-0.3, -0.25) is 4.90 Å². The molecule has 5 rings (SSSR count). The topological polar surface area (TPSA) is 31.4 Å². The monoisotopic (exact) mass is 432 g/mol. The molecule has 2 atom stereocenters. The van der Waals surface area contributed by atoms with Crippen molar-refractivity contribution in [3.8, 4) is 0 Å². The molecule has 1 aliphatic carbocycles. The van der Waals surface area contributed by atoms with E-state index in [1.165, 1.54) is 47.3 Å². The van der Waals surface area contributed by atoms with Gasteiger partial charge in [0.25, 0.3) is 0 Å². The van der Waals surface area contributed by atoms with Crippen LogP contribution in [0.25, 0.3) is 10.9 Å². The molecule has 31 heavy (non-hydrogen) atoms. The minimum Gasteiger partial charge on any atom is -0.354 e. The first-order valence-corrected chi connectivity index (χ1v) is 12.3. The molecule has 0 saturated carbocycles. The highest BCUT2D eigenvalue weighted by Crippen LogP contribution is 2.31. The largest absolute Gasteiger partial charge is 0.354 e. The second-order valence-electron chi connectivity index (χ2n) is 9.03. The summed E-state index contributed by atoms with van der Waals surface area (Å²) in [5.41, 5.74) is 3.62. The molecule has 0 radical (unpaired) electrons. The Labute approximate surface area is 189 Å². The normalized spacial score (nSPS) is 20.2. The Balaban J connectivity index is 1.26. The van der Waals surface area contributed by atoms with Crippen molar-refractivity contribution in [2.24, 2.45) is 5.92 Å². The Kier molecular flexibility index (Phi) is 6.08. The molecule has 1 aliphatic heterocycles. The summed E-state index contributed by atoms with van der Waals surface area (Å²) in [6.45, 7) is 7.38. The predicted octanol–water partition coefficient (Wildman–Crippen LogP) is 4.98. The number of hydrogen-bond donors (Lipinski definition) is 1. The van der Waals surface area contributed by atoms with E-state index < -0.39 is 0 Å². The molecule has 5 heteroatoms. The van der Waals surface area contributed by atoms with Gasteiger partial charge in [0.05, 0.1) is 12.1 Å². The fourth-order valence-corrected chi connectivity index (χ4v) is 5.79. The average Bonchev–Trinajstić information content (AvgIpc) is 3.52. The Hall–Kier alpha value is -2.21. The summed E-state index contributed by atoms with van der Waals surface area (Å²) in [5, 5.41) is 7.07. The van der Waals surface area contributed by atoms with E-state index in [9.17, 15) is 0 Å². The molecule has 3 heterocycles. The number of benzene rings is 1. The molecule has 0 amide bonds. The van der Waals surface area contributed by atoms with Gasteiger partial charge in [0.15, 0.2) is 0 Å². The summed E-state index contributed by atoms with van der Waals surface area (Å²) in [7, 11) is 2.16. The lowest BCUT2D eigenvalue weighted by atomic mass is 10.1. The lowest BCUT2D eigenvalue weighted by Crippen LogP contribution is -2.32. The third kappa shape index (κ3) is 4.54. The molecule has 2 unspecified atom stereocenters. The van der Waals surface area contributed by atoms with Crippen LogP contribution in [-0.2, 0) is 13.1 Å². The van der Waals surface area contributed by atoms with Gasteiger partial charge in [-0.2, -0.15) is 0 Å². The standard InChI is InChI=1S/C26H32N4S/c1-19-6-3-7-21-15-22(16-27-11-5-12-30-17-20-9-10-23(30)14-20)26(28-25(19)21)29(2)18-24-8-4-13-31-24/h3-4,6-10,13,15,20,23,27H,5,11-12,14,16-18H2,1-2H3. The predicted molar refractivity (Wildman–Crippen MR) is 132 cm³/mol. The van der Waals surface area contributed by atoms with Gasteiger partial charge in [-0.1, -0.05) is 36.4 Å². The van der Waals surface area contributed by atoms with Crippen LogP contribution in [0.15, 0.2) is 53.9 Å². The molecular weight excluding hydrogens is 400 g/mol. The van der Waals surface area contributed by atoms with Gasteiger partial charge in [0, 0.05) is 42.0 Å². The van der Waals surface area contributed by atoms with Crippen LogP contribution in [0.4, 0.5) is 5.82 Å². The van der Waals surface area contributed by atoms with Gasteiger partial charge in [-0.05, 0) is 61.8 Å². The number of nitrogens with zero attached hydrogens (tertiary/aromatic N) is 3. The molecule has 2 aromatic heterocycles. The van der Waals surface area contributed by atoms with Crippen molar-refractivity contribution in [3.63, 3.8) is 0 Å². The van der Waals surface area contributed by atoms with Crippen LogP contribution < -0.4 is 10.2 Å². The average molecular weight is 433 g/mol. The summed E-state index contributed by atoms with van der Waals surface area (Å²) in [4.78, 5) is 11.4. The van der Waals surface area contributed by atoms with Gasteiger partial charge in [0.2, 0.25) is 0 Å². The summed E-state index contributed by atoms with van der Waals surface area (Å²) in [6, 6.07) is 13.8. The first-order chi connectivity index (χ1) is 15.2. The van der Waals surface area contributed by atoms with Crippen molar-refractivity contribution >= 4 is 28.1 Å². The number of nitrogens with one attached hydrogen (secondary N) is 1. The molecule has 1 saturated heterocycles. The highest BCUT2D eigenvalue weighted by atomic mass is 32.1. The summed E-state index contributed by atoms with van der Waals surface area (Å²) < 4.78 is 0. The molecular formula is C26H32N4S. The van der Waals surface area contributed by atoms with Gasteiger partial charge in [-0.15, -0.1) is 11.3 Å². The molecule has 4 nitrogen and oxygen atoms in total. The van der Waals surface area contributed by atoms with E-state index in [4.69, 9.17) is 4.98 Å². The fraction of sp³-hybridized carbons (Fsp3) is 0.423. The van der Waals surface area contributed by atoms with Crippen LogP contribution in [0.5, 0.6) is 0 Å². The van der Waals surface area contributed by atoms with Crippen molar-refractivity contribution in [2.45, 2.75) is 38.9 Å². The number of rotatable bonds is 9. The van der Waals surface area contributed by atoms with Gasteiger partial charge in [-0.25, -0.2) is 4.98 Å². The highest BCUT2D eigenvalue weighted by molar-refractivity contribution is 7.09. The Morgan fingerprint density at radius 3 is 2.94 bits per heavy atom. The SMILES string of the molecule is Cc1cccc2cc(CNCCCN3CC4C=CC3C4)c(N(C)Cc3cccs3)nc12. The van der Waals surface area contributed by atoms with Crippen LogP contribution in [0, 0.1) is 12.8 Å². The van der Waals surface area contributed by atoms with Crippen molar-refractivity contribution in [1.29, 1.82) is 0 Å². The minimum atomic E-state index is 0.704. The third-order valence-electron chi connectivity index (χ3n) is 6.64. The molecule has 1 N–H and O–H groups in total. The van der Waals surface area contributed by atoms with E-state index >= 15 is 0 Å². The van der Waals surface area contributed by atoms with E-state index in [1.54, 1.807) is 11.3 Å². The fourth-order valence-electron chi connectivity index (χ4n) is 5.04. The lowest BCUT2D eigenvalue weighted by Gasteiger charge is -2.24. The van der Waals surface area contributed by atoms with Crippen LogP contribution >= 0.6 is 11.3 Å². The highest BCUT2D eigenvalue weighted by Gasteiger charge is 2.32. The zero-order valence-electron chi connectivity index (χ0n) is 18.6. The van der Waals surface area contributed by atoms with E-state index in [1.807, 2.05) is 0 Å². The maximum absolute atomic E-state index is 5.12.